The summed E-state index contributed by atoms with van der Waals surface area (Å²) in [7, 11) is 0. The molecule has 1 saturated heterocycles. The Kier molecular flexibility index (Phi) is 6.94. The number of carbonyl (C=O) groups excluding carboxylic acids is 1. The Morgan fingerprint density at radius 1 is 1.21 bits per heavy atom. The van der Waals surface area contributed by atoms with Gasteiger partial charge in [-0.05, 0) is 37.8 Å². The minimum Gasteiger partial charge on any atom is -0.484 e. The Morgan fingerprint density at radius 2 is 1.94 bits per heavy atom. The van der Waals surface area contributed by atoms with Crippen molar-refractivity contribution in [1.29, 1.82) is 0 Å². The van der Waals surface area contributed by atoms with Crippen molar-refractivity contribution in [2.75, 3.05) is 24.6 Å². The number of amides is 1. The highest BCUT2D eigenvalue weighted by Crippen LogP contribution is 2.34. The summed E-state index contributed by atoms with van der Waals surface area (Å²) in [4.78, 5) is 13.7. The van der Waals surface area contributed by atoms with E-state index in [4.69, 9.17) is 20.8 Å². The highest BCUT2D eigenvalue weighted by molar-refractivity contribution is 6.30. The van der Waals surface area contributed by atoms with E-state index in [0.717, 1.165) is 6.07 Å². The fourth-order valence-corrected chi connectivity index (χ4v) is 3.96. The van der Waals surface area contributed by atoms with Crippen molar-refractivity contribution in [3.8, 4) is 5.75 Å². The van der Waals surface area contributed by atoms with Crippen molar-refractivity contribution >= 4 is 23.5 Å². The summed E-state index contributed by atoms with van der Waals surface area (Å²) in [6.45, 7) is -0.182. The number of rotatable bonds is 7. The molecule has 4 rings (SSSR count). The van der Waals surface area contributed by atoms with Crippen LogP contribution in [0.15, 0.2) is 22.6 Å². The Morgan fingerprint density at radius 3 is 2.61 bits per heavy atom. The van der Waals surface area contributed by atoms with Crippen LogP contribution >= 0.6 is 11.6 Å². The Balaban J connectivity index is 1.18. The summed E-state index contributed by atoms with van der Waals surface area (Å²) >= 11 is 5.61. The maximum absolute atomic E-state index is 13.4. The number of benzene rings is 1. The maximum Gasteiger partial charge on any atom is 0.522 e. The minimum atomic E-state index is -4.66. The molecule has 13 heteroatoms. The van der Waals surface area contributed by atoms with Gasteiger partial charge in [0.25, 0.3) is 5.91 Å². The van der Waals surface area contributed by atoms with Gasteiger partial charge in [0.2, 0.25) is 5.89 Å². The molecule has 1 saturated carbocycles. The number of anilines is 1. The van der Waals surface area contributed by atoms with Crippen LogP contribution in [0.2, 0.25) is 5.02 Å². The first-order chi connectivity index (χ1) is 15.7. The molecule has 1 aromatic carbocycles. The molecule has 0 atom stereocenters. The van der Waals surface area contributed by atoms with Crippen molar-refractivity contribution in [3.05, 3.63) is 34.9 Å². The Bertz CT molecular complexity index is 975. The number of hydrogen-bond donors (Lipinski definition) is 1. The van der Waals surface area contributed by atoms with Gasteiger partial charge < -0.3 is 19.4 Å². The average Bonchev–Trinajstić information content (AvgIpc) is 3.21. The average molecular weight is 493 g/mol. The predicted molar refractivity (Wildman–Crippen MR) is 107 cm³/mol. The van der Waals surface area contributed by atoms with Gasteiger partial charge in [0.15, 0.2) is 6.61 Å². The summed E-state index contributed by atoms with van der Waals surface area (Å²) in [5, 5.41) is 10.8. The lowest BCUT2D eigenvalue weighted by molar-refractivity contribution is -0.344. The summed E-state index contributed by atoms with van der Waals surface area (Å²) in [6, 6.07) is 4.08. The van der Waals surface area contributed by atoms with Gasteiger partial charge in [0.1, 0.15) is 17.7 Å². The second kappa shape index (κ2) is 9.72. The van der Waals surface area contributed by atoms with Crippen molar-refractivity contribution in [3.63, 3.8) is 0 Å². The molecule has 2 heterocycles. The molecule has 0 spiro atoms. The molecule has 1 aliphatic heterocycles. The first kappa shape index (κ1) is 23.6. The van der Waals surface area contributed by atoms with Crippen LogP contribution in [0.4, 0.5) is 23.6 Å². The van der Waals surface area contributed by atoms with Gasteiger partial charge >= 0.3 is 12.4 Å². The second-order valence-electron chi connectivity index (χ2n) is 7.99. The summed E-state index contributed by atoms with van der Waals surface area (Å²) in [6.07, 6.45) is -2.82. The largest absolute Gasteiger partial charge is 0.522 e. The van der Waals surface area contributed by atoms with Crippen molar-refractivity contribution in [1.82, 2.24) is 15.5 Å². The van der Waals surface area contributed by atoms with Crippen LogP contribution in [0, 0.1) is 5.82 Å². The molecule has 1 N–H and O–H groups in total. The lowest BCUT2D eigenvalue weighted by Gasteiger charge is -2.37. The van der Waals surface area contributed by atoms with E-state index in [2.05, 4.69) is 20.3 Å². The lowest BCUT2D eigenvalue weighted by atomic mass is 9.86. The molecular formula is C20H21ClF4N4O4. The fraction of sp³-hybridized carbons (Fsp3) is 0.550. The second-order valence-corrected chi connectivity index (χ2v) is 8.40. The molecule has 0 bridgehead atoms. The molecule has 8 nitrogen and oxygen atoms in total. The minimum absolute atomic E-state index is 0.0104. The number of nitrogens with one attached hydrogen (secondary N) is 1. The zero-order valence-electron chi connectivity index (χ0n) is 17.3. The first-order valence-electron chi connectivity index (χ1n) is 10.4. The number of nitrogens with zero attached hydrogens (tertiary/aromatic N) is 3. The van der Waals surface area contributed by atoms with E-state index in [1.165, 1.54) is 17.0 Å². The van der Waals surface area contributed by atoms with Crippen LogP contribution in [-0.4, -0.2) is 54.3 Å². The first-order valence-corrected chi connectivity index (χ1v) is 10.7. The number of halogens is 5. The Labute approximate surface area is 191 Å². The molecule has 0 radical (unpaired) electrons. The van der Waals surface area contributed by atoms with Gasteiger partial charge in [-0.25, -0.2) is 4.39 Å². The zero-order valence-corrected chi connectivity index (χ0v) is 18.0. The Hall–Kier alpha value is -2.60. The molecule has 1 amide bonds. The number of carbonyl (C=O) groups is 1. The summed E-state index contributed by atoms with van der Waals surface area (Å²) in [5.74, 6) is -0.288. The van der Waals surface area contributed by atoms with E-state index in [1.54, 1.807) is 0 Å². The van der Waals surface area contributed by atoms with Crippen LogP contribution in [-0.2, 0) is 9.53 Å². The molecule has 1 aliphatic carbocycles. The van der Waals surface area contributed by atoms with Crippen molar-refractivity contribution in [2.45, 2.75) is 50.1 Å². The molecule has 1 aromatic heterocycles. The fourth-order valence-electron chi connectivity index (χ4n) is 3.85. The number of aromatic nitrogens is 2. The van der Waals surface area contributed by atoms with Gasteiger partial charge in [0.05, 0.1) is 18.1 Å². The van der Waals surface area contributed by atoms with Gasteiger partial charge in [-0.15, -0.1) is 18.3 Å². The third-order valence-electron chi connectivity index (χ3n) is 5.55. The zero-order chi connectivity index (χ0) is 23.6. The third kappa shape index (κ3) is 6.26. The van der Waals surface area contributed by atoms with Crippen LogP contribution in [0.1, 0.15) is 37.5 Å². The van der Waals surface area contributed by atoms with Gasteiger partial charge in [-0.1, -0.05) is 16.7 Å². The van der Waals surface area contributed by atoms with E-state index in [-0.39, 0.29) is 54.4 Å². The highest BCUT2D eigenvalue weighted by atomic mass is 35.5. The number of alkyl halides is 3. The van der Waals surface area contributed by atoms with Crippen LogP contribution in [0.5, 0.6) is 5.75 Å². The summed E-state index contributed by atoms with van der Waals surface area (Å²) in [5.41, 5.74) is 0. The number of ether oxygens (including phenoxy) is 2. The molecule has 0 unspecified atom stereocenters. The molecular weight excluding hydrogens is 472 g/mol. The molecule has 2 fully saturated rings. The van der Waals surface area contributed by atoms with E-state index >= 15 is 0 Å². The monoisotopic (exact) mass is 492 g/mol. The molecule has 180 valence electrons. The van der Waals surface area contributed by atoms with E-state index in [0.29, 0.717) is 31.6 Å². The van der Waals surface area contributed by atoms with Crippen LogP contribution in [0.25, 0.3) is 0 Å². The molecule has 2 aromatic rings. The van der Waals surface area contributed by atoms with Gasteiger partial charge in [-0.2, -0.15) is 0 Å². The van der Waals surface area contributed by atoms with Crippen LogP contribution < -0.4 is 15.0 Å². The quantitative estimate of drug-likeness (QED) is 0.588. The van der Waals surface area contributed by atoms with Crippen molar-refractivity contribution < 1.29 is 36.2 Å². The van der Waals surface area contributed by atoms with E-state index in [1.807, 2.05) is 0 Å². The van der Waals surface area contributed by atoms with Crippen LogP contribution in [0.3, 0.4) is 0 Å². The topological polar surface area (TPSA) is 89.7 Å². The maximum atomic E-state index is 13.4. The third-order valence-corrected chi connectivity index (χ3v) is 5.86. The van der Waals surface area contributed by atoms with E-state index < -0.39 is 18.3 Å². The predicted octanol–water partition coefficient (Wildman–Crippen LogP) is 3.81. The number of hydrogen-bond acceptors (Lipinski definition) is 7. The van der Waals surface area contributed by atoms with Gasteiger partial charge in [-0.3, -0.25) is 9.53 Å². The molecule has 2 aliphatic rings. The van der Waals surface area contributed by atoms with E-state index in [9.17, 15) is 22.4 Å². The summed E-state index contributed by atoms with van der Waals surface area (Å²) < 4.78 is 65.0. The SMILES string of the molecule is O=C(COc1ccc(Cl)c(F)c1)NC1CCC(c2nnc(N3CC(OC(F)(F)F)C3)o2)CC1. The van der Waals surface area contributed by atoms with Gasteiger partial charge in [0, 0.05) is 18.0 Å². The molecule has 33 heavy (non-hydrogen) atoms. The highest BCUT2D eigenvalue weighted by Gasteiger charge is 2.41. The smallest absolute Gasteiger partial charge is 0.484 e. The van der Waals surface area contributed by atoms with Crippen molar-refractivity contribution in [2.24, 2.45) is 0 Å². The lowest BCUT2D eigenvalue weighted by Crippen LogP contribution is -2.54. The standard InChI is InChI=1S/C20H21ClF4N4O4/c21-15-6-5-13(7-16(15)22)31-10-17(30)26-12-3-1-11(2-4-12)18-27-28-19(32-18)29-8-14(9-29)33-20(23,24)25/h5-7,11-12,14H,1-4,8-10H2,(H,26,30). The normalized spacial score (nSPS) is 21.5.